The van der Waals surface area contributed by atoms with E-state index >= 15 is 0 Å². The van der Waals surface area contributed by atoms with Crippen LogP contribution in [-0.2, 0) is 7.05 Å². The number of piperazine rings is 1. The molecular weight excluding hydrogens is 330 g/mol. The highest BCUT2D eigenvalue weighted by atomic mass is 16.3. The second-order valence-corrected chi connectivity index (χ2v) is 6.05. The molecule has 2 N–H and O–H groups in total. The highest BCUT2D eigenvalue weighted by Crippen LogP contribution is 2.26. The average molecular weight is 353 g/mol. The number of phenols is 1. The molecular formula is C18H23N7O. The van der Waals surface area contributed by atoms with Gasteiger partial charge < -0.3 is 15.3 Å². The molecule has 1 aliphatic rings. The lowest BCUT2D eigenvalue weighted by atomic mass is 10.0. The Balaban J connectivity index is 1.85. The normalized spacial score (nSPS) is 16.0. The number of aryl methyl sites for hydroxylation is 1. The van der Waals surface area contributed by atoms with Crippen molar-refractivity contribution in [1.29, 1.82) is 0 Å². The highest BCUT2D eigenvalue weighted by Gasteiger charge is 2.12. The van der Waals surface area contributed by atoms with Crippen LogP contribution in [0.1, 0.15) is 12.5 Å². The maximum atomic E-state index is 10.5. The van der Waals surface area contributed by atoms with Gasteiger partial charge in [-0.15, -0.1) is 15.3 Å². The number of benzene rings is 1. The van der Waals surface area contributed by atoms with Gasteiger partial charge in [0.15, 0.2) is 0 Å². The predicted molar refractivity (Wildman–Crippen MR) is 102 cm³/mol. The Labute approximate surface area is 152 Å². The van der Waals surface area contributed by atoms with Gasteiger partial charge in [0.25, 0.3) is 0 Å². The third kappa shape index (κ3) is 3.80. The third-order valence-corrected chi connectivity index (χ3v) is 4.35. The van der Waals surface area contributed by atoms with E-state index in [1.54, 1.807) is 36.1 Å². The Morgan fingerprint density at radius 1 is 1.31 bits per heavy atom. The molecule has 8 nitrogen and oxygen atoms in total. The molecule has 136 valence electrons. The number of hydrogen-bond acceptors (Lipinski definition) is 6. The van der Waals surface area contributed by atoms with Crippen LogP contribution < -0.4 is 5.32 Å². The number of nitrogens with zero attached hydrogens (tertiary/aromatic N) is 6. The van der Waals surface area contributed by atoms with Crippen molar-refractivity contribution >= 4 is 11.5 Å². The summed E-state index contributed by atoms with van der Waals surface area (Å²) >= 11 is 0. The first kappa shape index (κ1) is 17.8. The highest BCUT2D eigenvalue weighted by molar-refractivity contribution is 6.10. The van der Waals surface area contributed by atoms with Crippen LogP contribution in [0.3, 0.4) is 0 Å². The summed E-state index contributed by atoms with van der Waals surface area (Å²) in [6.45, 7) is 9.44. The molecule has 0 unspecified atom stereocenters. The number of rotatable bonds is 4. The molecule has 0 atom stereocenters. The van der Waals surface area contributed by atoms with Gasteiger partial charge in [-0.25, -0.2) is 4.68 Å². The molecule has 1 aromatic carbocycles. The van der Waals surface area contributed by atoms with Crippen LogP contribution in [-0.4, -0.2) is 62.7 Å². The number of aromatic hydroxyl groups is 1. The Kier molecular flexibility index (Phi) is 5.43. The van der Waals surface area contributed by atoms with E-state index in [0.717, 1.165) is 43.3 Å². The van der Waals surface area contributed by atoms with Crippen LogP contribution in [0, 0.1) is 0 Å². The molecule has 8 heteroatoms. The first-order chi connectivity index (χ1) is 12.6. The van der Waals surface area contributed by atoms with Gasteiger partial charge in [0.1, 0.15) is 11.6 Å². The van der Waals surface area contributed by atoms with Gasteiger partial charge >= 0.3 is 0 Å². The Morgan fingerprint density at radius 2 is 2.08 bits per heavy atom. The molecule has 0 aliphatic carbocycles. The summed E-state index contributed by atoms with van der Waals surface area (Å²) in [6, 6.07) is 5.35. The molecule has 0 bridgehead atoms. The van der Waals surface area contributed by atoms with E-state index in [2.05, 4.69) is 37.3 Å². The molecule has 2 heterocycles. The lowest BCUT2D eigenvalue weighted by Crippen LogP contribution is -2.45. The monoisotopic (exact) mass is 353 g/mol. The van der Waals surface area contributed by atoms with Crippen molar-refractivity contribution in [3.05, 3.63) is 42.6 Å². The first-order valence-electron chi connectivity index (χ1n) is 8.49. The fraction of sp³-hybridized carbons (Fsp3) is 0.333. The topological polar surface area (TPSA) is 90.9 Å². The molecule has 26 heavy (non-hydrogen) atoms. The van der Waals surface area contributed by atoms with E-state index in [9.17, 15) is 5.11 Å². The largest absolute Gasteiger partial charge is 0.507 e. The number of nitrogens with one attached hydrogen (secondary N) is 1. The van der Waals surface area contributed by atoms with Crippen molar-refractivity contribution < 1.29 is 5.11 Å². The van der Waals surface area contributed by atoms with Crippen LogP contribution in [0.4, 0.5) is 0 Å². The second kappa shape index (κ2) is 7.92. The fourth-order valence-corrected chi connectivity index (χ4v) is 2.84. The van der Waals surface area contributed by atoms with Gasteiger partial charge in [-0.3, -0.25) is 0 Å². The van der Waals surface area contributed by atoms with Gasteiger partial charge in [-0.2, -0.15) is 0 Å². The zero-order chi connectivity index (χ0) is 18.5. The summed E-state index contributed by atoms with van der Waals surface area (Å²) < 4.78 is 1.65. The van der Waals surface area contributed by atoms with Gasteiger partial charge in [0, 0.05) is 44.4 Å². The van der Waals surface area contributed by atoms with Gasteiger partial charge in [-0.05, 0) is 25.1 Å². The van der Waals surface area contributed by atoms with E-state index in [0.29, 0.717) is 11.3 Å². The van der Waals surface area contributed by atoms with Gasteiger partial charge in [0.2, 0.25) is 0 Å². The average Bonchev–Trinajstić information content (AvgIpc) is 3.09. The minimum atomic E-state index is 0.109. The van der Waals surface area contributed by atoms with Crippen LogP contribution in [0.2, 0.25) is 0 Å². The van der Waals surface area contributed by atoms with E-state index in [-0.39, 0.29) is 5.75 Å². The number of hydrogen-bond donors (Lipinski definition) is 2. The quantitative estimate of drug-likeness (QED) is 0.493. The molecule has 3 rings (SSSR count). The van der Waals surface area contributed by atoms with Crippen molar-refractivity contribution in [3.63, 3.8) is 0 Å². The number of aromatic nitrogens is 3. The van der Waals surface area contributed by atoms with Crippen LogP contribution in [0.25, 0.3) is 11.3 Å². The molecule has 0 spiro atoms. The lowest BCUT2D eigenvalue weighted by Gasteiger charge is -2.28. The summed E-state index contributed by atoms with van der Waals surface area (Å²) in [5, 5.41) is 30.1. The van der Waals surface area contributed by atoms with E-state index < -0.39 is 0 Å². The minimum absolute atomic E-state index is 0.109. The van der Waals surface area contributed by atoms with Gasteiger partial charge in [-0.1, -0.05) is 17.9 Å². The number of phenolic OH excluding ortho intramolecular Hbond substituents is 1. The molecule has 2 aromatic rings. The molecule has 1 fully saturated rings. The molecule has 1 aromatic heterocycles. The van der Waals surface area contributed by atoms with Gasteiger partial charge in [0.05, 0.1) is 17.6 Å². The van der Waals surface area contributed by atoms with Crippen molar-refractivity contribution in [1.82, 2.24) is 25.2 Å². The molecule has 0 amide bonds. The van der Waals surface area contributed by atoms with Crippen molar-refractivity contribution in [2.75, 3.05) is 26.2 Å². The maximum Gasteiger partial charge on any atom is 0.125 e. The Bertz CT molecular complexity index is 847. The first-order valence-corrected chi connectivity index (χ1v) is 8.49. The molecule has 1 saturated heterocycles. The lowest BCUT2D eigenvalue weighted by molar-refractivity contribution is 0.355. The van der Waals surface area contributed by atoms with Crippen LogP contribution in [0.15, 0.2) is 47.3 Å². The molecule has 1 aliphatic heterocycles. The van der Waals surface area contributed by atoms with Crippen LogP contribution in [0.5, 0.6) is 5.75 Å². The summed E-state index contributed by atoms with van der Waals surface area (Å²) in [5.74, 6) is 0.959. The summed E-state index contributed by atoms with van der Waals surface area (Å²) in [6.07, 6.45) is 3.24. The standard InChI is InChI=1S/C18H23N7O/c1-4-16(22-21-13(2)25-9-7-19-8-10-25)15-6-5-14(11-18(15)26)17-12-20-23-24(17)3/h4-6,11-12,19,26H,1,7-10H2,2-3H3/b21-13+,22-16+. The predicted octanol–water partition coefficient (Wildman–Crippen LogP) is 1.40. The van der Waals surface area contributed by atoms with E-state index in [1.165, 1.54) is 0 Å². The van der Waals surface area contributed by atoms with E-state index in [4.69, 9.17) is 0 Å². The Hall–Kier alpha value is -3.00. The maximum absolute atomic E-state index is 10.5. The van der Waals surface area contributed by atoms with Crippen molar-refractivity contribution in [3.8, 4) is 17.0 Å². The third-order valence-electron chi connectivity index (χ3n) is 4.35. The SMILES string of the molecule is C=C/C(=N\N=C(/C)N1CCNCC1)c1ccc(-c2cnnn2C)cc1O. The zero-order valence-electron chi connectivity index (χ0n) is 15.1. The number of amidine groups is 1. The van der Waals surface area contributed by atoms with E-state index in [1.807, 2.05) is 13.0 Å². The summed E-state index contributed by atoms with van der Waals surface area (Å²) in [5.41, 5.74) is 2.74. The zero-order valence-corrected chi connectivity index (χ0v) is 15.1. The Morgan fingerprint density at radius 3 is 2.69 bits per heavy atom. The van der Waals surface area contributed by atoms with Crippen LogP contribution >= 0.6 is 0 Å². The molecule has 0 saturated carbocycles. The van der Waals surface area contributed by atoms with Crippen molar-refractivity contribution in [2.24, 2.45) is 17.3 Å². The van der Waals surface area contributed by atoms with Crippen molar-refractivity contribution in [2.45, 2.75) is 6.92 Å². The fourth-order valence-electron chi connectivity index (χ4n) is 2.84. The second-order valence-electron chi connectivity index (χ2n) is 6.05. The minimum Gasteiger partial charge on any atom is -0.507 e. The smallest absolute Gasteiger partial charge is 0.125 e. The summed E-state index contributed by atoms with van der Waals surface area (Å²) in [7, 11) is 1.80. The summed E-state index contributed by atoms with van der Waals surface area (Å²) in [4.78, 5) is 2.18. The number of allylic oxidation sites excluding steroid dienone is 1. The molecule has 0 radical (unpaired) electrons.